The summed E-state index contributed by atoms with van der Waals surface area (Å²) in [7, 11) is 0. The van der Waals surface area contributed by atoms with Crippen LogP contribution in [0.25, 0.3) is 0 Å². The maximum Gasteiger partial charge on any atom is 0.0601 e. The minimum absolute atomic E-state index is 0.00231. The molecule has 82 valence electrons. The molecule has 0 aromatic rings. The van der Waals surface area contributed by atoms with Crippen LogP contribution in [0.15, 0.2) is 0 Å². The number of aliphatic hydroxyl groups excluding tert-OH is 1. The van der Waals surface area contributed by atoms with Crippen LogP contribution in [-0.2, 0) is 0 Å². The normalized spacial score (nSPS) is 43.3. The van der Waals surface area contributed by atoms with E-state index in [0.717, 1.165) is 5.92 Å². The predicted molar refractivity (Wildman–Crippen MR) is 59.0 cm³/mol. The molecule has 0 aromatic heterocycles. The van der Waals surface area contributed by atoms with Gasteiger partial charge >= 0.3 is 0 Å². The highest BCUT2D eigenvalue weighted by atomic mass is 16.3. The molecule has 1 heteroatoms. The van der Waals surface area contributed by atoms with Crippen molar-refractivity contribution >= 4 is 0 Å². The van der Waals surface area contributed by atoms with Gasteiger partial charge in [-0.3, -0.25) is 0 Å². The lowest BCUT2D eigenvalue weighted by atomic mass is 9.78. The first kappa shape index (κ1) is 10.5. The molecule has 2 saturated carbocycles. The lowest BCUT2D eigenvalue weighted by Gasteiger charge is -2.30. The Morgan fingerprint density at radius 2 is 1.64 bits per heavy atom. The van der Waals surface area contributed by atoms with Crippen LogP contribution >= 0.6 is 0 Å². The van der Waals surface area contributed by atoms with Gasteiger partial charge in [0, 0.05) is 0 Å². The van der Waals surface area contributed by atoms with Crippen molar-refractivity contribution in [3.8, 4) is 0 Å². The smallest absolute Gasteiger partial charge is 0.0601 e. The molecule has 0 radical (unpaired) electrons. The van der Waals surface area contributed by atoms with E-state index in [4.69, 9.17) is 0 Å². The quantitative estimate of drug-likeness (QED) is 0.719. The molecule has 1 N–H and O–H groups in total. The average Bonchev–Trinajstić information content (AvgIpc) is 2.75. The maximum atomic E-state index is 10.2. The summed E-state index contributed by atoms with van der Waals surface area (Å²) in [4.78, 5) is 0. The predicted octanol–water partition coefficient (Wildman–Crippen LogP) is 3.22. The highest BCUT2D eigenvalue weighted by molar-refractivity contribution is 5.01. The zero-order valence-corrected chi connectivity index (χ0v) is 9.79. The third kappa shape index (κ3) is 1.98. The molecule has 2 rings (SSSR count). The minimum Gasteiger partial charge on any atom is -0.393 e. The second-order valence-electron chi connectivity index (χ2n) is 6.31. The summed E-state index contributed by atoms with van der Waals surface area (Å²) >= 11 is 0. The zero-order valence-electron chi connectivity index (χ0n) is 9.79. The molecule has 0 bridgehead atoms. The Morgan fingerprint density at radius 1 is 1.14 bits per heavy atom. The molecule has 0 aliphatic heterocycles. The van der Waals surface area contributed by atoms with Crippen LogP contribution in [0.3, 0.4) is 0 Å². The van der Waals surface area contributed by atoms with E-state index < -0.39 is 0 Å². The van der Waals surface area contributed by atoms with E-state index in [-0.39, 0.29) is 6.10 Å². The second kappa shape index (κ2) is 3.52. The highest BCUT2D eigenvalue weighted by Gasteiger charge is 2.51. The Morgan fingerprint density at radius 3 is 2.07 bits per heavy atom. The van der Waals surface area contributed by atoms with E-state index in [0.29, 0.717) is 17.3 Å². The first-order valence-electron chi connectivity index (χ1n) is 6.19. The van der Waals surface area contributed by atoms with Crippen molar-refractivity contribution in [1.29, 1.82) is 0 Å². The average molecular weight is 196 g/mol. The molecular weight excluding hydrogens is 172 g/mol. The topological polar surface area (TPSA) is 20.2 Å². The molecule has 1 nitrogen and oxygen atoms in total. The molecule has 0 amide bonds. The molecule has 2 fully saturated rings. The van der Waals surface area contributed by atoms with Crippen LogP contribution in [0.4, 0.5) is 0 Å². The molecule has 0 heterocycles. The molecule has 2 aliphatic rings. The summed E-state index contributed by atoms with van der Waals surface area (Å²) in [5.41, 5.74) is 0.433. The van der Waals surface area contributed by atoms with Gasteiger partial charge in [0.2, 0.25) is 0 Å². The summed E-state index contributed by atoms with van der Waals surface area (Å²) in [6.07, 6.45) is 6.41. The van der Waals surface area contributed by atoms with Gasteiger partial charge in [-0.15, -0.1) is 0 Å². The van der Waals surface area contributed by atoms with E-state index in [2.05, 4.69) is 20.8 Å². The molecule has 2 aliphatic carbocycles. The number of hydrogen-bond donors (Lipinski definition) is 1. The van der Waals surface area contributed by atoms with Crippen molar-refractivity contribution in [2.45, 2.75) is 59.0 Å². The van der Waals surface area contributed by atoms with Gasteiger partial charge in [0.1, 0.15) is 0 Å². The SMILES string of the molecule is CC1CCC(C(O)C2CC2(C)C)CC1. The fourth-order valence-corrected chi connectivity index (χ4v) is 3.05. The van der Waals surface area contributed by atoms with Crippen LogP contribution < -0.4 is 0 Å². The van der Waals surface area contributed by atoms with E-state index in [1.807, 2.05) is 0 Å². The van der Waals surface area contributed by atoms with Gasteiger partial charge in [-0.25, -0.2) is 0 Å². The van der Waals surface area contributed by atoms with Gasteiger partial charge in [0.15, 0.2) is 0 Å². The monoisotopic (exact) mass is 196 g/mol. The molecule has 0 aromatic carbocycles. The van der Waals surface area contributed by atoms with Crippen LogP contribution in [0.5, 0.6) is 0 Å². The van der Waals surface area contributed by atoms with E-state index in [1.165, 1.54) is 32.1 Å². The summed E-state index contributed by atoms with van der Waals surface area (Å²) in [5, 5.41) is 10.2. The molecule has 14 heavy (non-hydrogen) atoms. The lowest BCUT2D eigenvalue weighted by molar-refractivity contribution is 0.0485. The van der Waals surface area contributed by atoms with Gasteiger partial charge in [0.05, 0.1) is 6.10 Å². The number of aliphatic hydroxyl groups is 1. The Kier molecular flexibility index (Phi) is 2.63. The highest BCUT2D eigenvalue weighted by Crippen LogP contribution is 2.56. The first-order valence-corrected chi connectivity index (χ1v) is 6.19. The largest absolute Gasteiger partial charge is 0.393 e. The van der Waals surface area contributed by atoms with Crippen LogP contribution in [-0.4, -0.2) is 11.2 Å². The fraction of sp³-hybridized carbons (Fsp3) is 1.00. The minimum atomic E-state index is -0.00231. The second-order valence-corrected chi connectivity index (χ2v) is 6.31. The van der Waals surface area contributed by atoms with Gasteiger partial charge in [0.25, 0.3) is 0 Å². The number of rotatable bonds is 2. The molecule has 2 unspecified atom stereocenters. The third-order valence-electron chi connectivity index (χ3n) is 4.55. The summed E-state index contributed by atoms with van der Waals surface area (Å²) in [6, 6.07) is 0. The molecule has 2 atom stereocenters. The van der Waals surface area contributed by atoms with E-state index in [9.17, 15) is 5.11 Å². The van der Waals surface area contributed by atoms with E-state index >= 15 is 0 Å². The standard InChI is InChI=1S/C13H24O/c1-9-4-6-10(7-5-9)12(14)11-8-13(11,2)3/h9-12,14H,4-8H2,1-3H3. The van der Waals surface area contributed by atoms with Gasteiger partial charge < -0.3 is 5.11 Å². The van der Waals surface area contributed by atoms with Gasteiger partial charge in [-0.1, -0.05) is 33.6 Å². The van der Waals surface area contributed by atoms with Crippen molar-refractivity contribution < 1.29 is 5.11 Å². The van der Waals surface area contributed by atoms with Gasteiger partial charge in [-0.05, 0) is 42.4 Å². The van der Waals surface area contributed by atoms with Crippen molar-refractivity contribution in [1.82, 2.24) is 0 Å². The van der Waals surface area contributed by atoms with Crippen molar-refractivity contribution in [2.24, 2.45) is 23.2 Å². The molecule has 0 saturated heterocycles. The van der Waals surface area contributed by atoms with Crippen molar-refractivity contribution in [3.05, 3.63) is 0 Å². The Labute approximate surface area is 87.9 Å². The van der Waals surface area contributed by atoms with E-state index in [1.54, 1.807) is 0 Å². The Hall–Kier alpha value is -0.0400. The summed E-state index contributed by atoms with van der Waals surface area (Å²) < 4.78 is 0. The summed E-state index contributed by atoms with van der Waals surface area (Å²) in [5.74, 6) is 2.10. The van der Waals surface area contributed by atoms with Crippen molar-refractivity contribution in [3.63, 3.8) is 0 Å². The Balaban J connectivity index is 1.84. The summed E-state index contributed by atoms with van der Waals surface area (Å²) in [6.45, 7) is 6.91. The molecule has 0 spiro atoms. The van der Waals surface area contributed by atoms with Crippen LogP contribution in [0, 0.1) is 23.2 Å². The first-order chi connectivity index (χ1) is 6.50. The maximum absolute atomic E-state index is 10.2. The van der Waals surface area contributed by atoms with Crippen molar-refractivity contribution in [2.75, 3.05) is 0 Å². The third-order valence-corrected chi connectivity index (χ3v) is 4.55. The lowest BCUT2D eigenvalue weighted by Crippen LogP contribution is -2.28. The number of hydrogen-bond acceptors (Lipinski definition) is 1. The Bertz CT molecular complexity index is 201. The van der Waals surface area contributed by atoms with Crippen LogP contribution in [0.1, 0.15) is 52.9 Å². The zero-order chi connectivity index (χ0) is 10.3. The molecular formula is C13H24O. The fourth-order valence-electron chi connectivity index (χ4n) is 3.05. The van der Waals surface area contributed by atoms with Crippen LogP contribution in [0.2, 0.25) is 0 Å². The van der Waals surface area contributed by atoms with Gasteiger partial charge in [-0.2, -0.15) is 0 Å².